The zero-order chi connectivity index (χ0) is 12.3. The molecule has 0 atom stereocenters. The van der Waals surface area contributed by atoms with Gasteiger partial charge >= 0.3 is 5.97 Å². The van der Waals surface area contributed by atoms with Crippen molar-refractivity contribution < 1.29 is 22.7 Å². The van der Waals surface area contributed by atoms with E-state index in [4.69, 9.17) is 0 Å². The molecular weight excluding hydrogens is 227 g/mol. The molecule has 0 spiro atoms. The molecule has 0 bridgehead atoms. The van der Waals surface area contributed by atoms with Crippen LogP contribution in [0.15, 0.2) is 10.9 Å². The minimum absolute atomic E-state index is 0.0465. The van der Waals surface area contributed by atoms with Crippen molar-refractivity contribution in [3.05, 3.63) is 33.5 Å². The Morgan fingerprint density at radius 1 is 1.56 bits per heavy atom. The van der Waals surface area contributed by atoms with Gasteiger partial charge in [-0.05, 0) is 6.92 Å². The normalized spacial score (nSPS) is 10.6. The number of aromatic nitrogens is 1. The van der Waals surface area contributed by atoms with E-state index < -0.39 is 35.0 Å². The summed E-state index contributed by atoms with van der Waals surface area (Å²) < 4.78 is 42.3. The van der Waals surface area contributed by atoms with E-state index in [1.165, 1.54) is 6.92 Å². The molecule has 1 N–H and O–H groups in total. The van der Waals surface area contributed by atoms with Gasteiger partial charge in [0.25, 0.3) is 6.43 Å². The summed E-state index contributed by atoms with van der Waals surface area (Å²) in [6, 6.07) is 0.583. The lowest BCUT2D eigenvalue weighted by Crippen LogP contribution is -2.18. The van der Waals surface area contributed by atoms with Gasteiger partial charge in [-0.2, -0.15) is 0 Å². The van der Waals surface area contributed by atoms with Crippen LogP contribution in [0, 0.1) is 5.82 Å². The van der Waals surface area contributed by atoms with Crippen LogP contribution in [0.4, 0.5) is 13.2 Å². The fourth-order valence-corrected chi connectivity index (χ4v) is 1.07. The third-order valence-electron chi connectivity index (χ3n) is 1.72. The van der Waals surface area contributed by atoms with E-state index in [0.717, 1.165) is 0 Å². The van der Waals surface area contributed by atoms with Crippen molar-refractivity contribution in [3.63, 3.8) is 0 Å². The highest BCUT2D eigenvalue weighted by Gasteiger charge is 2.22. The molecule has 7 heteroatoms. The van der Waals surface area contributed by atoms with Gasteiger partial charge in [0, 0.05) is 6.07 Å². The summed E-state index contributed by atoms with van der Waals surface area (Å²) in [4.78, 5) is 23.7. The molecular formula is C9H8F3NO3. The van der Waals surface area contributed by atoms with Gasteiger partial charge in [-0.15, -0.1) is 0 Å². The maximum absolute atomic E-state index is 13.3. The number of carbonyl (C=O) groups is 1. The monoisotopic (exact) mass is 235 g/mol. The van der Waals surface area contributed by atoms with Crippen LogP contribution in [0.25, 0.3) is 0 Å². The molecule has 1 rings (SSSR count). The zero-order valence-electron chi connectivity index (χ0n) is 8.22. The third-order valence-corrected chi connectivity index (χ3v) is 1.72. The van der Waals surface area contributed by atoms with Crippen LogP contribution in [0.3, 0.4) is 0 Å². The summed E-state index contributed by atoms with van der Waals surface area (Å²) in [5, 5.41) is 0. The van der Waals surface area contributed by atoms with Crippen molar-refractivity contribution in [1.82, 2.24) is 4.98 Å². The van der Waals surface area contributed by atoms with Gasteiger partial charge in [-0.1, -0.05) is 0 Å². The van der Waals surface area contributed by atoms with Gasteiger partial charge in [-0.25, -0.2) is 18.0 Å². The maximum atomic E-state index is 13.3. The van der Waals surface area contributed by atoms with Crippen LogP contribution in [0.1, 0.15) is 29.4 Å². The average Bonchev–Trinajstić information content (AvgIpc) is 2.20. The van der Waals surface area contributed by atoms with Crippen LogP contribution in [0.5, 0.6) is 0 Å². The van der Waals surface area contributed by atoms with Crippen molar-refractivity contribution in [3.8, 4) is 0 Å². The Morgan fingerprint density at radius 3 is 2.69 bits per heavy atom. The van der Waals surface area contributed by atoms with E-state index in [1.54, 1.807) is 4.98 Å². The quantitative estimate of drug-likeness (QED) is 0.810. The minimum atomic E-state index is -3.21. The standard InChI is InChI=1S/C9H8F3NO3/c1-2-16-9(15)4-3-5(14)13-7(6(4)10)8(11)12/h3,8H,2H2,1H3,(H,13,14). The molecule has 88 valence electrons. The van der Waals surface area contributed by atoms with Crippen LogP contribution >= 0.6 is 0 Å². The summed E-state index contributed by atoms with van der Waals surface area (Å²) >= 11 is 0. The Balaban J connectivity index is 3.29. The molecule has 0 aliphatic rings. The Hall–Kier alpha value is -1.79. The fraction of sp³-hybridized carbons (Fsp3) is 0.333. The Morgan fingerprint density at radius 2 is 2.19 bits per heavy atom. The minimum Gasteiger partial charge on any atom is -0.462 e. The molecule has 0 saturated carbocycles. The number of halogens is 3. The number of nitrogens with one attached hydrogen (secondary N) is 1. The summed E-state index contributed by atoms with van der Waals surface area (Å²) in [7, 11) is 0. The zero-order valence-corrected chi connectivity index (χ0v) is 8.22. The molecule has 1 aromatic heterocycles. The summed E-state index contributed by atoms with van der Waals surface area (Å²) in [5.74, 6) is -2.61. The van der Waals surface area contributed by atoms with Gasteiger partial charge in [0.15, 0.2) is 5.82 Å². The fourth-order valence-electron chi connectivity index (χ4n) is 1.07. The van der Waals surface area contributed by atoms with Gasteiger partial charge in [0.05, 0.1) is 6.61 Å². The molecule has 0 aliphatic heterocycles. The van der Waals surface area contributed by atoms with E-state index in [1.807, 2.05) is 0 Å². The van der Waals surface area contributed by atoms with Crippen molar-refractivity contribution in [2.45, 2.75) is 13.3 Å². The molecule has 0 amide bonds. The number of carbonyl (C=O) groups excluding carboxylic acids is 1. The first kappa shape index (κ1) is 12.3. The number of aromatic amines is 1. The largest absolute Gasteiger partial charge is 0.462 e. The van der Waals surface area contributed by atoms with Crippen molar-refractivity contribution in [1.29, 1.82) is 0 Å². The lowest BCUT2D eigenvalue weighted by Gasteiger charge is -2.06. The SMILES string of the molecule is CCOC(=O)c1cc(=O)[nH]c(C(F)F)c1F. The highest BCUT2D eigenvalue weighted by atomic mass is 19.3. The summed E-state index contributed by atoms with van der Waals surface area (Å²) in [6.07, 6.45) is -3.21. The van der Waals surface area contributed by atoms with Gasteiger partial charge in [0.1, 0.15) is 11.3 Å². The number of ether oxygens (including phenoxy) is 1. The van der Waals surface area contributed by atoms with Crippen molar-refractivity contribution >= 4 is 5.97 Å². The van der Waals surface area contributed by atoms with E-state index in [0.29, 0.717) is 6.07 Å². The Bertz CT molecular complexity index is 456. The van der Waals surface area contributed by atoms with E-state index in [2.05, 4.69) is 4.74 Å². The molecule has 0 aromatic carbocycles. The van der Waals surface area contributed by atoms with Crippen molar-refractivity contribution in [2.75, 3.05) is 6.61 Å². The molecule has 1 heterocycles. The second-order valence-electron chi connectivity index (χ2n) is 2.80. The second-order valence-corrected chi connectivity index (χ2v) is 2.80. The molecule has 16 heavy (non-hydrogen) atoms. The van der Waals surface area contributed by atoms with E-state index in [9.17, 15) is 22.8 Å². The average molecular weight is 235 g/mol. The number of hydrogen-bond acceptors (Lipinski definition) is 3. The number of H-pyrrole nitrogens is 1. The molecule has 0 radical (unpaired) electrons. The van der Waals surface area contributed by atoms with Gasteiger partial charge < -0.3 is 9.72 Å². The van der Waals surface area contributed by atoms with Gasteiger partial charge in [0.2, 0.25) is 5.56 Å². The van der Waals surface area contributed by atoms with Crippen LogP contribution in [-0.2, 0) is 4.74 Å². The van der Waals surface area contributed by atoms with Crippen LogP contribution < -0.4 is 5.56 Å². The topological polar surface area (TPSA) is 59.2 Å². The first-order valence-electron chi connectivity index (χ1n) is 4.35. The maximum Gasteiger partial charge on any atom is 0.341 e. The summed E-state index contributed by atoms with van der Waals surface area (Å²) in [5.41, 5.74) is -2.99. The summed E-state index contributed by atoms with van der Waals surface area (Å²) in [6.45, 7) is 1.42. The molecule has 0 saturated heterocycles. The van der Waals surface area contributed by atoms with E-state index in [-0.39, 0.29) is 6.61 Å². The van der Waals surface area contributed by atoms with E-state index >= 15 is 0 Å². The second kappa shape index (κ2) is 4.82. The lowest BCUT2D eigenvalue weighted by molar-refractivity contribution is 0.0519. The molecule has 4 nitrogen and oxygen atoms in total. The number of pyridine rings is 1. The van der Waals surface area contributed by atoms with Gasteiger partial charge in [-0.3, -0.25) is 4.79 Å². The highest BCUT2D eigenvalue weighted by Crippen LogP contribution is 2.20. The predicted molar refractivity (Wildman–Crippen MR) is 47.9 cm³/mol. The molecule has 0 fully saturated rings. The number of alkyl halides is 2. The molecule has 0 unspecified atom stereocenters. The van der Waals surface area contributed by atoms with Crippen LogP contribution in [0.2, 0.25) is 0 Å². The first-order valence-corrected chi connectivity index (χ1v) is 4.35. The smallest absolute Gasteiger partial charge is 0.341 e. The molecule has 1 aromatic rings. The Kier molecular flexibility index (Phi) is 3.70. The first-order chi connectivity index (χ1) is 7.47. The van der Waals surface area contributed by atoms with Crippen LogP contribution in [-0.4, -0.2) is 17.6 Å². The number of rotatable bonds is 3. The molecule has 0 aliphatic carbocycles. The third kappa shape index (κ3) is 2.41. The lowest BCUT2D eigenvalue weighted by atomic mass is 10.2. The van der Waals surface area contributed by atoms with Crippen molar-refractivity contribution in [2.24, 2.45) is 0 Å². The highest BCUT2D eigenvalue weighted by molar-refractivity contribution is 5.89. The predicted octanol–water partition coefficient (Wildman–Crippen LogP) is 1.63. The number of esters is 1. The Labute approximate surface area is 88.0 Å². The number of hydrogen-bond donors (Lipinski definition) is 1.